The summed E-state index contributed by atoms with van der Waals surface area (Å²) in [5, 5.41) is 17.5. The Bertz CT molecular complexity index is 673. The van der Waals surface area contributed by atoms with Crippen LogP contribution in [0.25, 0.3) is 0 Å². The van der Waals surface area contributed by atoms with Gasteiger partial charge in [-0.25, -0.2) is 9.97 Å². The highest BCUT2D eigenvalue weighted by Gasteiger charge is 2.23. The fourth-order valence-corrected chi connectivity index (χ4v) is 2.01. The van der Waals surface area contributed by atoms with Gasteiger partial charge >= 0.3 is 5.69 Å². The zero-order valence-corrected chi connectivity index (χ0v) is 13.5. The molecule has 0 saturated carbocycles. The molecule has 0 aliphatic carbocycles. The topological polar surface area (TPSA) is 93.0 Å². The predicted molar refractivity (Wildman–Crippen MR) is 90.6 cm³/mol. The monoisotopic (exact) mass is 315 g/mol. The van der Waals surface area contributed by atoms with Gasteiger partial charge in [-0.3, -0.25) is 10.1 Å². The molecule has 122 valence electrons. The second-order valence-electron chi connectivity index (χ2n) is 5.47. The Balaban J connectivity index is 2.21. The van der Waals surface area contributed by atoms with Crippen molar-refractivity contribution in [2.75, 3.05) is 10.6 Å². The number of anilines is 2. The third kappa shape index (κ3) is 4.38. The first-order valence-electron chi connectivity index (χ1n) is 7.56. The van der Waals surface area contributed by atoms with E-state index in [1.54, 1.807) is 0 Å². The first-order valence-corrected chi connectivity index (χ1v) is 7.56. The Kier molecular flexibility index (Phi) is 5.46. The minimum absolute atomic E-state index is 0.0912. The first kappa shape index (κ1) is 16.7. The second kappa shape index (κ2) is 7.53. The molecule has 0 aliphatic rings. The van der Waals surface area contributed by atoms with Crippen molar-refractivity contribution in [3.63, 3.8) is 0 Å². The van der Waals surface area contributed by atoms with Crippen LogP contribution in [0.15, 0.2) is 30.6 Å². The largest absolute Gasteiger partial charge is 0.362 e. The molecule has 0 spiro atoms. The molecular weight excluding hydrogens is 294 g/mol. The van der Waals surface area contributed by atoms with Gasteiger partial charge < -0.3 is 10.6 Å². The maximum atomic E-state index is 11.4. The Morgan fingerprint density at radius 1 is 1.22 bits per heavy atom. The van der Waals surface area contributed by atoms with E-state index in [4.69, 9.17) is 0 Å². The van der Waals surface area contributed by atoms with E-state index in [0.717, 1.165) is 12.0 Å². The van der Waals surface area contributed by atoms with Crippen molar-refractivity contribution in [3.05, 3.63) is 51.8 Å². The van der Waals surface area contributed by atoms with E-state index in [1.165, 1.54) is 11.9 Å². The van der Waals surface area contributed by atoms with Crippen molar-refractivity contribution in [1.29, 1.82) is 0 Å². The molecule has 1 atom stereocenters. The molecule has 0 fully saturated rings. The lowest BCUT2D eigenvalue weighted by Gasteiger charge is -2.13. The van der Waals surface area contributed by atoms with Gasteiger partial charge in [0.1, 0.15) is 6.33 Å². The van der Waals surface area contributed by atoms with Crippen molar-refractivity contribution >= 4 is 17.3 Å². The van der Waals surface area contributed by atoms with Gasteiger partial charge in [0.05, 0.1) is 4.92 Å². The summed E-state index contributed by atoms with van der Waals surface area (Å²) in [5.41, 5.74) is 2.07. The van der Waals surface area contributed by atoms with Crippen LogP contribution in [0.3, 0.4) is 0 Å². The second-order valence-corrected chi connectivity index (χ2v) is 5.47. The normalized spacial score (nSPS) is 11.8. The smallest absolute Gasteiger partial charge is 0.353 e. The van der Waals surface area contributed by atoms with Gasteiger partial charge in [0, 0.05) is 12.6 Å². The number of benzene rings is 1. The van der Waals surface area contributed by atoms with Gasteiger partial charge in [0.25, 0.3) is 0 Å². The average Bonchev–Trinajstić information content (AvgIpc) is 2.54. The molecule has 0 saturated heterocycles. The maximum Gasteiger partial charge on any atom is 0.353 e. The van der Waals surface area contributed by atoms with Gasteiger partial charge in [-0.2, -0.15) is 0 Å². The molecule has 23 heavy (non-hydrogen) atoms. The van der Waals surface area contributed by atoms with E-state index in [-0.39, 0.29) is 23.4 Å². The Hall–Kier alpha value is -2.70. The van der Waals surface area contributed by atoms with Crippen LogP contribution in [0, 0.1) is 17.0 Å². The highest BCUT2D eigenvalue weighted by Crippen LogP contribution is 2.29. The molecule has 0 radical (unpaired) electrons. The fraction of sp³-hybridized carbons (Fsp3) is 0.375. The van der Waals surface area contributed by atoms with E-state index >= 15 is 0 Å². The Labute approximate surface area is 135 Å². The van der Waals surface area contributed by atoms with Gasteiger partial charge in [-0.05, 0) is 25.8 Å². The number of aryl methyl sites for hydroxylation is 1. The zero-order valence-electron chi connectivity index (χ0n) is 13.5. The van der Waals surface area contributed by atoms with Crippen molar-refractivity contribution in [3.8, 4) is 0 Å². The van der Waals surface area contributed by atoms with Crippen LogP contribution in [0.4, 0.5) is 17.3 Å². The standard InChI is InChI=1S/C16H21N5O2/c1-4-12(3)20-16-14(21(22)23)15(18-10-19-16)17-9-13-7-5-11(2)6-8-13/h5-8,10,12H,4,9H2,1-3H3,(H2,17,18,19,20). The summed E-state index contributed by atoms with van der Waals surface area (Å²) < 4.78 is 0. The molecule has 7 nitrogen and oxygen atoms in total. The predicted octanol–water partition coefficient (Wildman–Crippen LogP) is 3.52. The Morgan fingerprint density at radius 3 is 2.48 bits per heavy atom. The molecule has 1 aromatic heterocycles. The number of hydrogen-bond donors (Lipinski definition) is 2. The van der Waals surface area contributed by atoms with Crippen molar-refractivity contribution < 1.29 is 4.92 Å². The number of hydrogen-bond acceptors (Lipinski definition) is 6. The van der Waals surface area contributed by atoms with Gasteiger partial charge in [0.15, 0.2) is 0 Å². The molecule has 0 bridgehead atoms. The van der Waals surface area contributed by atoms with Gasteiger partial charge in [-0.1, -0.05) is 36.8 Å². The van der Waals surface area contributed by atoms with E-state index in [2.05, 4.69) is 20.6 Å². The number of nitrogens with zero attached hydrogens (tertiary/aromatic N) is 3. The van der Waals surface area contributed by atoms with E-state index < -0.39 is 4.92 Å². The van der Waals surface area contributed by atoms with E-state index in [9.17, 15) is 10.1 Å². The SMILES string of the molecule is CCC(C)Nc1ncnc(NCc2ccc(C)cc2)c1[N+](=O)[O-]. The maximum absolute atomic E-state index is 11.4. The summed E-state index contributed by atoms with van der Waals surface area (Å²) in [6.45, 7) is 6.42. The summed E-state index contributed by atoms with van der Waals surface area (Å²) in [4.78, 5) is 19.0. The van der Waals surface area contributed by atoms with Crippen molar-refractivity contribution in [2.24, 2.45) is 0 Å². The lowest BCUT2D eigenvalue weighted by molar-refractivity contribution is -0.383. The number of rotatable bonds is 7. The molecule has 0 amide bonds. The third-order valence-electron chi connectivity index (χ3n) is 3.58. The van der Waals surface area contributed by atoms with Gasteiger partial charge in [-0.15, -0.1) is 0 Å². The van der Waals surface area contributed by atoms with E-state index in [0.29, 0.717) is 6.54 Å². The molecule has 7 heteroatoms. The molecule has 2 rings (SSSR count). The number of aromatic nitrogens is 2. The van der Waals surface area contributed by atoms with Crippen LogP contribution < -0.4 is 10.6 Å². The minimum atomic E-state index is -0.456. The highest BCUT2D eigenvalue weighted by atomic mass is 16.6. The van der Waals surface area contributed by atoms with Crippen LogP contribution in [0.2, 0.25) is 0 Å². The van der Waals surface area contributed by atoms with E-state index in [1.807, 2.05) is 45.0 Å². The summed E-state index contributed by atoms with van der Waals surface area (Å²) in [6, 6.07) is 8.05. The number of nitro groups is 1. The van der Waals surface area contributed by atoms with Crippen LogP contribution in [0.5, 0.6) is 0 Å². The quantitative estimate of drug-likeness (QED) is 0.600. The average molecular weight is 315 g/mol. The third-order valence-corrected chi connectivity index (χ3v) is 3.58. The van der Waals surface area contributed by atoms with Crippen LogP contribution in [-0.2, 0) is 6.54 Å². The molecule has 1 aromatic carbocycles. The van der Waals surface area contributed by atoms with Crippen molar-refractivity contribution in [1.82, 2.24) is 9.97 Å². The molecule has 1 unspecified atom stereocenters. The number of nitrogens with one attached hydrogen (secondary N) is 2. The highest BCUT2D eigenvalue weighted by molar-refractivity contribution is 5.69. The molecule has 0 aliphatic heterocycles. The lowest BCUT2D eigenvalue weighted by atomic mass is 10.1. The van der Waals surface area contributed by atoms with Gasteiger partial charge in [0.2, 0.25) is 11.6 Å². The van der Waals surface area contributed by atoms with Crippen LogP contribution in [0.1, 0.15) is 31.4 Å². The summed E-state index contributed by atoms with van der Waals surface area (Å²) in [5.74, 6) is 0.460. The lowest BCUT2D eigenvalue weighted by Crippen LogP contribution is -2.17. The molecule has 1 heterocycles. The van der Waals surface area contributed by atoms with Crippen molar-refractivity contribution in [2.45, 2.75) is 39.8 Å². The minimum Gasteiger partial charge on any atom is -0.362 e. The van der Waals surface area contributed by atoms with Crippen LogP contribution in [-0.4, -0.2) is 20.9 Å². The molecular formula is C16H21N5O2. The summed E-state index contributed by atoms with van der Waals surface area (Å²) in [7, 11) is 0. The van der Waals surface area contributed by atoms with Crippen LogP contribution >= 0.6 is 0 Å². The fourth-order valence-electron chi connectivity index (χ4n) is 2.01. The summed E-state index contributed by atoms with van der Waals surface area (Å²) in [6.07, 6.45) is 2.17. The Morgan fingerprint density at radius 2 is 1.87 bits per heavy atom. The first-order chi connectivity index (χ1) is 11.0. The molecule has 2 N–H and O–H groups in total. The molecule has 2 aromatic rings. The summed E-state index contributed by atoms with van der Waals surface area (Å²) >= 11 is 0. The zero-order chi connectivity index (χ0) is 16.8.